The molecule has 2 N–H and O–H groups in total. The van der Waals surface area contributed by atoms with E-state index in [0.29, 0.717) is 17.8 Å². The van der Waals surface area contributed by atoms with Gasteiger partial charge in [0.05, 0.1) is 12.2 Å². The largest absolute Gasteiger partial charge is 0.308 e. The number of hydrogen-bond acceptors (Lipinski definition) is 6. The molecule has 0 amide bonds. The van der Waals surface area contributed by atoms with E-state index in [1.807, 2.05) is 61.5 Å². The first-order valence-electron chi connectivity index (χ1n) is 11.3. The minimum atomic E-state index is -3.90. The first-order valence-corrected chi connectivity index (χ1v) is 13.6. The van der Waals surface area contributed by atoms with E-state index >= 15 is 0 Å². The Morgan fingerprint density at radius 1 is 1.03 bits per heavy atom. The molecule has 0 unspecified atom stereocenters. The molecule has 0 radical (unpaired) electrons. The average Bonchev–Trinajstić information content (AvgIpc) is 3.43. The Morgan fingerprint density at radius 3 is 2.46 bits per heavy atom. The van der Waals surface area contributed by atoms with Crippen molar-refractivity contribution in [3.63, 3.8) is 0 Å². The third kappa shape index (κ3) is 4.50. The Hall–Kier alpha value is -3.40. The molecule has 5 aromatic rings. The molecule has 4 heterocycles. The van der Waals surface area contributed by atoms with Gasteiger partial charge in [0.25, 0.3) is 0 Å². The average molecular weight is 504 g/mol. The Balaban J connectivity index is 1.53. The Bertz CT molecular complexity index is 1640. The molecule has 0 saturated carbocycles. The van der Waals surface area contributed by atoms with E-state index in [2.05, 4.69) is 23.4 Å². The van der Waals surface area contributed by atoms with Gasteiger partial charge in [-0.2, -0.15) is 0 Å². The highest BCUT2D eigenvalue weighted by molar-refractivity contribution is 7.91. The van der Waals surface area contributed by atoms with Gasteiger partial charge in [0.2, 0.25) is 10.0 Å². The van der Waals surface area contributed by atoms with Gasteiger partial charge in [-0.05, 0) is 48.7 Å². The van der Waals surface area contributed by atoms with Gasteiger partial charge >= 0.3 is 0 Å². The van der Waals surface area contributed by atoms with Crippen LogP contribution in [0.5, 0.6) is 0 Å². The second kappa shape index (κ2) is 8.99. The molecule has 1 aromatic carbocycles. The lowest BCUT2D eigenvalue weighted by Crippen LogP contribution is -2.11. The van der Waals surface area contributed by atoms with Gasteiger partial charge in [0.1, 0.15) is 15.6 Å². The monoisotopic (exact) mass is 503 g/mol. The number of hydrogen-bond donors (Lipinski definition) is 1. The standard InChI is InChI=1S/C26H25N5O2S2/c1-4-23-30-24-16(2)12-17(3)29-25(24)31(23)15-18-10-11-21(28-14-18)20-13-22(19-8-6-5-7-9-19)34-26(20)35(27,32)33/h5-14H,4,15H2,1-3H3,(H2,27,32,33). The zero-order valence-electron chi connectivity index (χ0n) is 19.7. The lowest BCUT2D eigenvalue weighted by molar-refractivity contribution is 0.600. The van der Waals surface area contributed by atoms with Crippen LogP contribution in [0.2, 0.25) is 0 Å². The topological polar surface area (TPSA) is 104 Å². The summed E-state index contributed by atoms with van der Waals surface area (Å²) >= 11 is 1.16. The van der Waals surface area contributed by atoms with E-state index in [4.69, 9.17) is 15.1 Å². The number of aromatic nitrogens is 4. The van der Waals surface area contributed by atoms with Crippen LogP contribution in [-0.4, -0.2) is 27.9 Å². The van der Waals surface area contributed by atoms with Gasteiger partial charge in [-0.3, -0.25) is 4.98 Å². The number of pyridine rings is 2. The molecular formula is C26H25N5O2S2. The molecule has 0 aliphatic carbocycles. The molecule has 178 valence electrons. The van der Waals surface area contributed by atoms with Crippen molar-refractivity contribution < 1.29 is 8.42 Å². The lowest BCUT2D eigenvalue weighted by Gasteiger charge is -2.09. The fraction of sp³-hybridized carbons (Fsp3) is 0.192. The number of nitrogens with zero attached hydrogens (tertiary/aromatic N) is 4. The molecule has 35 heavy (non-hydrogen) atoms. The number of rotatable bonds is 6. The summed E-state index contributed by atoms with van der Waals surface area (Å²) in [5.74, 6) is 0.965. The number of fused-ring (bicyclic) bond motifs is 1. The summed E-state index contributed by atoms with van der Waals surface area (Å²) < 4.78 is 26.9. The molecule has 9 heteroatoms. The maximum absolute atomic E-state index is 12.3. The highest BCUT2D eigenvalue weighted by atomic mass is 32.2. The summed E-state index contributed by atoms with van der Waals surface area (Å²) in [6, 6.07) is 17.3. The normalized spacial score (nSPS) is 11.9. The molecule has 7 nitrogen and oxygen atoms in total. The molecule has 0 bridgehead atoms. The molecule has 0 saturated heterocycles. The van der Waals surface area contributed by atoms with Crippen LogP contribution < -0.4 is 5.14 Å². The smallest absolute Gasteiger partial charge is 0.248 e. The highest BCUT2D eigenvalue weighted by Crippen LogP contribution is 2.39. The third-order valence-corrected chi connectivity index (χ3v) is 8.54. The zero-order valence-corrected chi connectivity index (χ0v) is 21.3. The van der Waals surface area contributed by atoms with E-state index in [1.165, 1.54) is 0 Å². The Morgan fingerprint density at radius 2 is 1.80 bits per heavy atom. The predicted molar refractivity (Wildman–Crippen MR) is 140 cm³/mol. The number of imidazole rings is 1. The van der Waals surface area contributed by atoms with Crippen molar-refractivity contribution in [1.82, 2.24) is 19.5 Å². The third-order valence-electron chi connectivity index (χ3n) is 5.87. The summed E-state index contributed by atoms with van der Waals surface area (Å²) in [5, 5.41) is 5.55. The van der Waals surface area contributed by atoms with Crippen molar-refractivity contribution in [3.8, 4) is 21.7 Å². The van der Waals surface area contributed by atoms with Crippen molar-refractivity contribution in [2.75, 3.05) is 0 Å². The summed E-state index contributed by atoms with van der Waals surface area (Å²) in [4.78, 5) is 15.0. The summed E-state index contributed by atoms with van der Waals surface area (Å²) in [6.07, 6.45) is 2.56. The van der Waals surface area contributed by atoms with Crippen molar-refractivity contribution in [1.29, 1.82) is 0 Å². The van der Waals surface area contributed by atoms with Crippen molar-refractivity contribution in [2.45, 2.75) is 37.9 Å². The number of benzene rings is 1. The van der Waals surface area contributed by atoms with Crippen LogP contribution in [0, 0.1) is 13.8 Å². The van der Waals surface area contributed by atoms with E-state index in [0.717, 1.165) is 62.0 Å². The second-order valence-corrected chi connectivity index (χ2v) is 11.3. The maximum Gasteiger partial charge on any atom is 0.248 e. The highest BCUT2D eigenvalue weighted by Gasteiger charge is 2.22. The SMILES string of the molecule is CCc1nc2c(C)cc(C)nc2n1Cc1ccc(-c2cc(-c3ccccc3)sc2S(N)(=O)=O)nc1. The summed E-state index contributed by atoms with van der Waals surface area (Å²) in [6.45, 7) is 6.69. The van der Waals surface area contributed by atoms with Gasteiger partial charge in [0, 0.05) is 28.8 Å². The van der Waals surface area contributed by atoms with Gasteiger partial charge < -0.3 is 4.57 Å². The molecule has 0 atom stereocenters. The number of nitrogens with two attached hydrogens (primary N) is 1. The van der Waals surface area contributed by atoms with E-state index < -0.39 is 10.0 Å². The van der Waals surface area contributed by atoms with Crippen LogP contribution in [-0.2, 0) is 23.0 Å². The fourth-order valence-corrected chi connectivity index (χ4v) is 6.36. The van der Waals surface area contributed by atoms with Crippen molar-refractivity contribution in [2.24, 2.45) is 5.14 Å². The summed E-state index contributed by atoms with van der Waals surface area (Å²) in [7, 11) is -3.90. The van der Waals surface area contributed by atoms with Crippen LogP contribution in [0.3, 0.4) is 0 Å². The van der Waals surface area contributed by atoms with Crippen LogP contribution in [0.1, 0.15) is 29.6 Å². The first-order chi connectivity index (χ1) is 16.7. The maximum atomic E-state index is 12.3. The molecule has 0 aliphatic rings. The van der Waals surface area contributed by atoms with Crippen LogP contribution in [0.4, 0.5) is 0 Å². The summed E-state index contributed by atoms with van der Waals surface area (Å²) in [5.41, 5.74) is 6.82. The molecule has 0 fully saturated rings. The van der Waals surface area contributed by atoms with Gasteiger partial charge in [-0.25, -0.2) is 23.5 Å². The minimum Gasteiger partial charge on any atom is -0.308 e. The van der Waals surface area contributed by atoms with Gasteiger partial charge in [0.15, 0.2) is 5.65 Å². The second-order valence-electron chi connectivity index (χ2n) is 8.49. The molecule has 0 aliphatic heterocycles. The van der Waals surface area contributed by atoms with Gasteiger partial charge in [-0.1, -0.05) is 43.3 Å². The van der Waals surface area contributed by atoms with E-state index in [-0.39, 0.29) is 4.21 Å². The number of sulfonamides is 1. The van der Waals surface area contributed by atoms with Crippen molar-refractivity contribution in [3.05, 3.63) is 83.4 Å². The predicted octanol–water partition coefficient (Wildman–Crippen LogP) is 5.10. The van der Waals surface area contributed by atoms with E-state index in [9.17, 15) is 8.42 Å². The van der Waals surface area contributed by atoms with E-state index in [1.54, 1.807) is 6.20 Å². The molecule has 4 aromatic heterocycles. The minimum absolute atomic E-state index is 0.112. The molecule has 0 spiro atoms. The van der Waals surface area contributed by atoms with Crippen molar-refractivity contribution >= 4 is 32.5 Å². The number of thiophene rings is 1. The number of primary sulfonamides is 1. The van der Waals surface area contributed by atoms with Crippen LogP contribution >= 0.6 is 11.3 Å². The Kier molecular flexibility index (Phi) is 6.00. The quantitative estimate of drug-likeness (QED) is 0.347. The molecule has 5 rings (SSSR count). The number of aryl methyl sites for hydroxylation is 3. The van der Waals surface area contributed by atoms with Crippen LogP contribution in [0.15, 0.2) is 65.0 Å². The zero-order chi connectivity index (χ0) is 24.7. The van der Waals surface area contributed by atoms with Crippen LogP contribution in [0.25, 0.3) is 32.9 Å². The first kappa shape index (κ1) is 23.3. The Labute approximate surface area is 208 Å². The lowest BCUT2D eigenvalue weighted by atomic mass is 10.1. The fourth-order valence-electron chi connectivity index (χ4n) is 4.25. The van der Waals surface area contributed by atoms with Gasteiger partial charge in [-0.15, -0.1) is 11.3 Å². The molecular weight excluding hydrogens is 478 g/mol.